The number of rotatable bonds is 5. The van der Waals surface area contributed by atoms with Crippen molar-refractivity contribution in [2.75, 3.05) is 32.1 Å². The quantitative estimate of drug-likeness (QED) is 0.585. The molecule has 1 aromatic heterocycles. The van der Waals surface area contributed by atoms with E-state index >= 15 is 0 Å². The molecule has 0 radical (unpaired) electrons. The molecule has 2 aromatic carbocycles. The lowest BCUT2D eigenvalue weighted by molar-refractivity contribution is -0.117. The molecule has 3 aromatic rings. The second-order valence-corrected chi connectivity index (χ2v) is 8.60. The number of amides is 1. The van der Waals surface area contributed by atoms with E-state index < -0.39 is 0 Å². The summed E-state index contributed by atoms with van der Waals surface area (Å²) in [5.74, 6) is 1.35. The first-order chi connectivity index (χ1) is 14.4. The molecule has 2 N–H and O–H groups in total. The first-order valence-corrected chi connectivity index (χ1v) is 10.8. The van der Waals surface area contributed by atoms with Gasteiger partial charge in [0.2, 0.25) is 5.91 Å². The summed E-state index contributed by atoms with van der Waals surface area (Å²) in [6.07, 6.45) is 4.18. The molecule has 0 unspecified atom stereocenters. The Hall–Kier alpha value is -2.50. The van der Waals surface area contributed by atoms with Gasteiger partial charge >= 0.3 is 0 Å². The van der Waals surface area contributed by atoms with Crippen LogP contribution in [0.5, 0.6) is 5.75 Å². The highest BCUT2D eigenvalue weighted by Crippen LogP contribution is 2.34. The Morgan fingerprint density at radius 2 is 2.00 bits per heavy atom. The Kier molecular flexibility index (Phi) is 6.02. The Morgan fingerprint density at radius 3 is 2.70 bits per heavy atom. The highest BCUT2D eigenvalue weighted by atomic mass is 35.5. The minimum Gasteiger partial charge on any atom is -0.497 e. The van der Waals surface area contributed by atoms with Gasteiger partial charge in [-0.1, -0.05) is 17.7 Å². The molecule has 30 heavy (non-hydrogen) atoms. The summed E-state index contributed by atoms with van der Waals surface area (Å²) in [6, 6.07) is 10.1. The van der Waals surface area contributed by atoms with Gasteiger partial charge < -0.3 is 15.0 Å². The fourth-order valence-corrected chi connectivity index (χ4v) is 4.81. The first-order valence-electron chi connectivity index (χ1n) is 10.4. The van der Waals surface area contributed by atoms with Gasteiger partial charge in [0.1, 0.15) is 5.75 Å². The predicted molar refractivity (Wildman–Crippen MR) is 123 cm³/mol. The number of fused-ring (bicyclic) bond motifs is 1. The molecule has 0 spiro atoms. The number of halogens is 1. The molecule has 1 saturated heterocycles. The normalized spacial score (nSPS) is 15.5. The number of carbonyl (C=O) groups excluding carboxylic acids is 1. The lowest BCUT2D eigenvalue weighted by Gasteiger charge is -2.31. The second kappa shape index (κ2) is 8.70. The number of ether oxygens (including phenoxy) is 1. The van der Waals surface area contributed by atoms with Crippen molar-refractivity contribution < 1.29 is 9.53 Å². The van der Waals surface area contributed by atoms with Gasteiger partial charge in [-0.2, -0.15) is 0 Å². The molecule has 0 bridgehead atoms. The lowest BCUT2D eigenvalue weighted by atomic mass is 9.89. The number of anilines is 1. The Labute approximate surface area is 182 Å². The van der Waals surface area contributed by atoms with Crippen molar-refractivity contribution in [3.05, 3.63) is 58.2 Å². The summed E-state index contributed by atoms with van der Waals surface area (Å²) in [6.45, 7) is 6.15. The van der Waals surface area contributed by atoms with E-state index in [4.69, 9.17) is 16.3 Å². The molecule has 6 heteroatoms. The van der Waals surface area contributed by atoms with Crippen molar-refractivity contribution in [1.82, 2.24) is 9.88 Å². The number of H-pyrrole nitrogens is 1. The zero-order valence-corrected chi connectivity index (χ0v) is 18.5. The number of nitrogens with one attached hydrogen (secondary N) is 2. The zero-order valence-electron chi connectivity index (χ0n) is 17.7. The summed E-state index contributed by atoms with van der Waals surface area (Å²) in [5.41, 5.74) is 5.28. The molecule has 4 rings (SSSR count). The van der Waals surface area contributed by atoms with Crippen LogP contribution in [0.15, 0.2) is 36.5 Å². The number of aromatic nitrogens is 1. The molecular weight excluding hydrogens is 398 g/mol. The number of aryl methyl sites for hydroxylation is 2. The molecule has 1 fully saturated rings. The zero-order chi connectivity index (χ0) is 21.3. The van der Waals surface area contributed by atoms with E-state index in [0.29, 0.717) is 17.5 Å². The topological polar surface area (TPSA) is 57.4 Å². The lowest BCUT2D eigenvalue weighted by Crippen LogP contribution is -2.38. The highest BCUT2D eigenvalue weighted by Gasteiger charge is 2.24. The second-order valence-electron chi connectivity index (χ2n) is 8.19. The van der Waals surface area contributed by atoms with E-state index in [2.05, 4.69) is 33.5 Å². The van der Waals surface area contributed by atoms with Crippen molar-refractivity contribution in [1.29, 1.82) is 0 Å². The van der Waals surface area contributed by atoms with Crippen molar-refractivity contribution in [2.24, 2.45) is 0 Å². The maximum atomic E-state index is 12.6. The van der Waals surface area contributed by atoms with Crippen LogP contribution in [0.2, 0.25) is 5.02 Å². The van der Waals surface area contributed by atoms with E-state index in [0.717, 1.165) is 54.0 Å². The number of nitrogens with zero attached hydrogens (tertiary/aromatic N) is 1. The Bertz CT molecular complexity index is 1040. The van der Waals surface area contributed by atoms with Crippen LogP contribution in [0.4, 0.5) is 5.69 Å². The molecule has 0 atom stereocenters. The fourth-order valence-electron chi connectivity index (χ4n) is 4.44. The average Bonchev–Trinajstić information content (AvgIpc) is 3.14. The number of likely N-dealkylation sites (tertiary alicyclic amines) is 1. The summed E-state index contributed by atoms with van der Waals surface area (Å²) in [7, 11) is 1.70. The average molecular weight is 426 g/mol. The third-order valence-electron chi connectivity index (χ3n) is 6.01. The molecular formula is C24H28ClN3O2. The Balaban J connectivity index is 1.37. The standard InChI is InChI=1S/C24H28ClN3O2/c1-15-10-16(2)24(21(25)11-15)27-23(29)14-28-8-6-17(7-9-28)20-13-26-22-5-4-18(30-3)12-19(20)22/h4-5,10-13,17,26H,6-9,14H2,1-3H3,(H,27,29). The van der Waals surface area contributed by atoms with Gasteiger partial charge in [-0.15, -0.1) is 0 Å². The number of methoxy groups -OCH3 is 1. The summed E-state index contributed by atoms with van der Waals surface area (Å²) in [4.78, 5) is 18.2. The number of benzene rings is 2. The summed E-state index contributed by atoms with van der Waals surface area (Å²) in [5, 5.41) is 4.82. The van der Waals surface area contributed by atoms with Crippen molar-refractivity contribution >= 4 is 34.1 Å². The SMILES string of the molecule is COc1ccc2[nH]cc(C3CCN(CC(=O)Nc4c(C)cc(C)cc4Cl)CC3)c2c1. The van der Waals surface area contributed by atoms with Crippen molar-refractivity contribution in [3.8, 4) is 5.75 Å². The van der Waals surface area contributed by atoms with Gasteiger partial charge in [0.05, 0.1) is 24.4 Å². The van der Waals surface area contributed by atoms with Gasteiger partial charge in [-0.25, -0.2) is 0 Å². The molecule has 0 saturated carbocycles. The summed E-state index contributed by atoms with van der Waals surface area (Å²) >= 11 is 6.33. The molecule has 1 aliphatic rings. The highest BCUT2D eigenvalue weighted by molar-refractivity contribution is 6.34. The van der Waals surface area contributed by atoms with Crippen LogP contribution in [0.25, 0.3) is 10.9 Å². The van der Waals surface area contributed by atoms with Gasteiger partial charge in [-0.05, 0) is 86.7 Å². The molecule has 158 valence electrons. The maximum Gasteiger partial charge on any atom is 0.238 e. The number of hydrogen-bond acceptors (Lipinski definition) is 3. The van der Waals surface area contributed by atoms with E-state index in [9.17, 15) is 4.79 Å². The molecule has 0 aliphatic carbocycles. The monoisotopic (exact) mass is 425 g/mol. The maximum absolute atomic E-state index is 12.6. The van der Waals surface area contributed by atoms with Gasteiger partial charge in [0.25, 0.3) is 0 Å². The first kappa shape index (κ1) is 20.8. The van der Waals surface area contributed by atoms with Crippen molar-refractivity contribution in [2.45, 2.75) is 32.6 Å². The van der Waals surface area contributed by atoms with Crippen LogP contribution in [-0.4, -0.2) is 42.5 Å². The van der Waals surface area contributed by atoms with Crippen LogP contribution in [0.1, 0.15) is 35.4 Å². The summed E-state index contributed by atoms with van der Waals surface area (Å²) < 4.78 is 5.39. The number of aromatic amines is 1. The van der Waals surface area contributed by atoms with E-state index in [-0.39, 0.29) is 5.91 Å². The smallest absolute Gasteiger partial charge is 0.238 e. The van der Waals surface area contributed by atoms with Gasteiger partial charge in [-0.3, -0.25) is 9.69 Å². The predicted octanol–water partition coefficient (Wildman–Crippen LogP) is 5.26. The number of carbonyl (C=O) groups is 1. The third kappa shape index (κ3) is 4.32. The van der Waals surface area contributed by atoms with Crippen molar-refractivity contribution in [3.63, 3.8) is 0 Å². The minimum absolute atomic E-state index is 0.0147. The third-order valence-corrected chi connectivity index (χ3v) is 6.31. The number of piperidine rings is 1. The van der Waals surface area contributed by atoms with Crippen LogP contribution in [-0.2, 0) is 4.79 Å². The van der Waals surface area contributed by atoms with Crippen LogP contribution < -0.4 is 10.1 Å². The van der Waals surface area contributed by atoms with Gasteiger partial charge in [0.15, 0.2) is 0 Å². The molecule has 1 aliphatic heterocycles. The van der Waals surface area contributed by atoms with E-state index in [1.54, 1.807) is 7.11 Å². The van der Waals surface area contributed by atoms with E-state index in [1.807, 2.05) is 32.0 Å². The Morgan fingerprint density at radius 1 is 1.23 bits per heavy atom. The molecule has 1 amide bonds. The van der Waals surface area contributed by atoms with Crippen LogP contribution >= 0.6 is 11.6 Å². The molecule has 5 nitrogen and oxygen atoms in total. The van der Waals surface area contributed by atoms with E-state index in [1.165, 1.54) is 10.9 Å². The van der Waals surface area contributed by atoms with Crippen LogP contribution in [0.3, 0.4) is 0 Å². The van der Waals surface area contributed by atoms with Gasteiger partial charge in [0, 0.05) is 17.1 Å². The number of hydrogen-bond donors (Lipinski definition) is 2. The fraction of sp³-hybridized carbons (Fsp3) is 0.375. The molecule has 2 heterocycles. The van der Waals surface area contributed by atoms with Crippen LogP contribution in [0, 0.1) is 13.8 Å². The minimum atomic E-state index is -0.0147. The largest absolute Gasteiger partial charge is 0.497 e.